The van der Waals surface area contributed by atoms with Crippen molar-refractivity contribution < 1.29 is 42.7 Å². The predicted molar refractivity (Wildman–Crippen MR) is 106 cm³/mol. The predicted octanol–water partition coefficient (Wildman–Crippen LogP) is 0.798. The lowest BCUT2D eigenvalue weighted by Crippen LogP contribution is -2.27. The summed E-state index contributed by atoms with van der Waals surface area (Å²) in [5.74, 6) is -1.63. The van der Waals surface area contributed by atoms with E-state index in [-0.39, 0.29) is 25.0 Å². The van der Waals surface area contributed by atoms with Gasteiger partial charge in [-0.3, -0.25) is 0 Å². The summed E-state index contributed by atoms with van der Waals surface area (Å²) in [6.07, 6.45) is -1.75. The number of epoxide rings is 1. The zero-order chi connectivity index (χ0) is 21.5. The van der Waals surface area contributed by atoms with Crippen LogP contribution in [0.15, 0.2) is 0 Å². The van der Waals surface area contributed by atoms with Crippen LogP contribution >= 0.6 is 0 Å². The summed E-state index contributed by atoms with van der Waals surface area (Å²) in [6.45, 7) is 10.3. The van der Waals surface area contributed by atoms with Gasteiger partial charge in [0.2, 0.25) is 0 Å². The highest BCUT2D eigenvalue weighted by Gasteiger charge is 2.52. The van der Waals surface area contributed by atoms with E-state index < -0.39 is 24.1 Å². The number of esters is 2. The van der Waals surface area contributed by atoms with Crippen molar-refractivity contribution >= 4 is 31.0 Å². The molecule has 1 aliphatic heterocycles. The summed E-state index contributed by atoms with van der Waals surface area (Å²) in [4.78, 5) is 23.9. The molecule has 0 spiro atoms. The summed E-state index contributed by atoms with van der Waals surface area (Å²) < 4.78 is 37.2. The van der Waals surface area contributed by atoms with Gasteiger partial charge in [0.15, 0.2) is 12.2 Å². The molecule has 9 nitrogen and oxygen atoms in total. The van der Waals surface area contributed by atoms with Gasteiger partial charge in [0.1, 0.15) is 30.9 Å². The first-order valence-corrected chi connectivity index (χ1v) is 12.6. The van der Waals surface area contributed by atoms with Crippen LogP contribution in [0.3, 0.4) is 0 Å². The van der Waals surface area contributed by atoms with Crippen LogP contribution in [-0.4, -0.2) is 94.7 Å². The van der Waals surface area contributed by atoms with E-state index in [1.165, 1.54) is 0 Å². The number of rotatable bonds is 18. The Bertz CT molecular complexity index is 415. The molecule has 2 unspecified atom stereocenters. The van der Waals surface area contributed by atoms with Crippen LogP contribution in [0, 0.1) is 0 Å². The van der Waals surface area contributed by atoms with Gasteiger partial charge in [-0.1, -0.05) is 0 Å². The third-order valence-corrected chi connectivity index (χ3v) is 5.86. The largest absolute Gasteiger partial charge is 0.464 e. The molecule has 1 aliphatic rings. The fourth-order valence-corrected chi connectivity index (χ4v) is 4.28. The Hall–Kier alpha value is -0.826. The summed E-state index contributed by atoms with van der Waals surface area (Å²) in [5, 5.41) is 0. The van der Waals surface area contributed by atoms with E-state index in [0.29, 0.717) is 57.6 Å². The maximum absolute atomic E-state index is 11.9. The van der Waals surface area contributed by atoms with E-state index in [0.717, 1.165) is 0 Å². The van der Waals surface area contributed by atoms with Gasteiger partial charge in [-0.15, -0.1) is 0 Å². The van der Waals surface area contributed by atoms with Crippen LogP contribution < -0.4 is 0 Å². The Kier molecular flexibility index (Phi) is 14.4. The molecule has 0 bridgehead atoms. The summed E-state index contributed by atoms with van der Waals surface area (Å²) >= 11 is 0. The maximum atomic E-state index is 11.9. The van der Waals surface area contributed by atoms with Crippen molar-refractivity contribution in [3.63, 3.8) is 0 Å². The number of ether oxygens (including phenoxy) is 7. The Labute approximate surface area is 177 Å². The van der Waals surface area contributed by atoms with Gasteiger partial charge in [-0.05, 0) is 39.8 Å². The minimum atomic E-state index is -0.873. The molecule has 0 aromatic carbocycles. The molecule has 1 heterocycles. The van der Waals surface area contributed by atoms with Crippen molar-refractivity contribution in [1.82, 2.24) is 0 Å². The van der Waals surface area contributed by atoms with E-state index in [9.17, 15) is 9.59 Å². The average Bonchev–Trinajstić information content (AvgIpc) is 3.50. The van der Waals surface area contributed by atoms with Crippen LogP contribution in [0.4, 0.5) is 0 Å². The molecule has 0 aromatic heterocycles. The number of carbonyl (C=O) groups excluding carboxylic acids is 2. The van der Waals surface area contributed by atoms with E-state index in [1.54, 1.807) is 0 Å². The molecule has 166 valence electrons. The van der Waals surface area contributed by atoms with Gasteiger partial charge < -0.3 is 33.2 Å². The first-order valence-electron chi connectivity index (χ1n) is 9.99. The van der Waals surface area contributed by atoms with Crippen molar-refractivity contribution in [2.45, 2.75) is 63.8 Å². The fourth-order valence-electron chi connectivity index (χ4n) is 2.23. The maximum Gasteiger partial charge on any atom is 0.338 e. The molecule has 0 N–H and O–H groups in total. The summed E-state index contributed by atoms with van der Waals surface area (Å²) in [5.41, 5.74) is 0. The van der Waals surface area contributed by atoms with Crippen molar-refractivity contribution in [3.8, 4) is 0 Å². The first kappa shape index (κ1) is 26.2. The number of carbonyl (C=O) groups is 2. The topological polar surface area (TPSA) is 102 Å². The molecule has 11 heteroatoms. The van der Waals surface area contributed by atoms with Gasteiger partial charge in [-0.25, -0.2) is 9.59 Å². The highest BCUT2D eigenvalue weighted by molar-refractivity contribution is 6.36. The summed E-state index contributed by atoms with van der Waals surface area (Å²) in [7, 11) is 0.725. The lowest BCUT2D eigenvalue weighted by Gasteiger charge is -2.15. The van der Waals surface area contributed by atoms with Crippen molar-refractivity contribution in [2.24, 2.45) is 0 Å². The number of hydrogen-bond donors (Lipinski definition) is 0. The van der Waals surface area contributed by atoms with E-state index in [4.69, 9.17) is 33.2 Å². The Morgan fingerprint density at radius 3 is 1.38 bits per heavy atom. The quantitative estimate of drug-likeness (QED) is 0.0990. The first-order chi connectivity index (χ1) is 14.1. The summed E-state index contributed by atoms with van der Waals surface area (Å²) in [6, 6.07) is 1.25. The monoisotopic (exact) mass is 448 g/mol. The minimum Gasteiger partial charge on any atom is -0.464 e. The molecule has 0 saturated carbocycles. The van der Waals surface area contributed by atoms with Gasteiger partial charge in [-0.2, -0.15) is 0 Å². The molecule has 1 saturated heterocycles. The smallest absolute Gasteiger partial charge is 0.338 e. The fraction of sp³-hybridized carbons (Fsp3) is 0.889. The lowest BCUT2D eigenvalue weighted by atomic mass is 10.3. The third-order valence-electron chi connectivity index (χ3n) is 3.54. The standard InChI is InChI=1S/C18H32O9Si2/c1-5-21-17(22-6-2)28-11-9-25-15(19)13-14(27-13)16(20)26-10-12-29-18(23-7-3)24-8-4/h13-14,17-18H,5-12H2,1-4H3. The molecule has 0 amide bonds. The van der Waals surface area contributed by atoms with Gasteiger partial charge in [0, 0.05) is 26.4 Å². The zero-order valence-corrected chi connectivity index (χ0v) is 19.6. The molecular formula is C18H32O9Si2. The SMILES string of the molecule is CCOC(OCC)[Si]CCOC(=O)C1OC1C(=O)OCC[Si]C(OCC)OCC. The van der Waals surface area contributed by atoms with Gasteiger partial charge in [0.05, 0.1) is 13.2 Å². The molecule has 1 fully saturated rings. The average molecular weight is 449 g/mol. The zero-order valence-electron chi connectivity index (χ0n) is 17.6. The van der Waals surface area contributed by atoms with Crippen molar-refractivity contribution in [3.05, 3.63) is 0 Å². The van der Waals surface area contributed by atoms with Crippen molar-refractivity contribution in [2.75, 3.05) is 39.6 Å². The Morgan fingerprint density at radius 2 is 1.07 bits per heavy atom. The van der Waals surface area contributed by atoms with Gasteiger partial charge in [0.25, 0.3) is 0 Å². The van der Waals surface area contributed by atoms with Crippen LogP contribution in [-0.2, 0) is 42.7 Å². The van der Waals surface area contributed by atoms with Crippen LogP contribution in [0.1, 0.15) is 27.7 Å². The second-order valence-electron chi connectivity index (χ2n) is 5.71. The molecule has 29 heavy (non-hydrogen) atoms. The van der Waals surface area contributed by atoms with E-state index >= 15 is 0 Å². The second-order valence-corrected chi connectivity index (χ2v) is 8.47. The lowest BCUT2D eigenvalue weighted by molar-refractivity contribution is -0.147. The molecule has 4 radical (unpaired) electrons. The van der Waals surface area contributed by atoms with Crippen molar-refractivity contribution in [1.29, 1.82) is 0 Å². The molecular weight excluding hydrogens is 416 g/mol. The Balaban J connectivity index is 2.13. The van der Waals surface area contributed by atoms with Gasteiger partial charge >= 0.3 is 11.9 Å². The van der Waals surface area contributed by atoms with E-state index in [1.807, 2.05) is 27.7 Å². The molecule has 1 rings (SSSR count). The molecule has 0 aliphatic carbocycles. The number of hydrogen-bond acceptors (Lipinski definition) is 9. The molecule has 0 aromatic rings. The third kappa shape index (κ3) is 11.2. The highest BCUT2D eigenvalue weighted by Crippen LogP contribution is 2.25. The van der Waals surface area contributed by atoms with E-state index in [2.05, 4.69) is 0 Å². The normalized spacial score (nSPS) is 18.3. The van der Waals surface area contributed by atoms with Crippen LogP contribution in [0.2, 0.25) is 12.1 Å². The molecule has 2 atom stereocenters. The second kappa shape index (κ2) is 15.9. The highest BCUT2D eigenvalue weighted by atomic mass is 28.2. The minimum absolute atomic E-state index is 0.229. The van der Waals surface area contributed by atoms with Crippen LogP contribution in [0.5, 0.6) is 0 Å². The van der Waals surface area contributed by atoms with Crippen LogP contribution in [0.25, 0.3) is 0 Å². The Morgan fingerprint density at radius 1 is 0.724 bits per heavy atom.